The zero-order valence-corrected chi connectivity index (χ0v) is 38.4. The van der Waals surface area contributed by atoms with Gasteiger partial charge in [-0.05, 0) is 64.2 Å². The number of quaternary nitrogens is 1. The summed E-state index contributed by atoms with van der Waals surface area (Å²) in [7, 11) is 5.51. The van der Waals surface area contributed by atoms with E-state index in [1.807, 2.05) is 21.1 Å². The Balaban J connectivity index is 4.39. The van der Waals surface area contributed by atoms with Crippen LogP contribution < -0.4 is 0 Å². The molecule has 0 amide bonds. The number of carboxylic acid groups (broad SMARTS) is 1. The summed E-state index contributed by atoms with van der Waals surface area (Å²) in [4.78, 5) is 37.0. The van der Waals surface area contributed by atoms with Crippen molar-refractivity contribution in [3.8, 4) is 0 Å². The molecule has 0 saturated heterocycles. The second-order valence-electron chi connectivity index (χ2n) is 16.6. The average Bonchev–Trinajstić information content (AvgIpc) is 3.19. The highest BCUT2D eigenvalue weighted by Gasteiger charge is 2.31. The molecule has 0 aliphatic carbocycles. The van der Waals surface area contributed by atoms with Gasteiger partial charge in [0, 0.05) is 19.3 Å². The van der Waals surface area contributed by atoms with E-state index < -0.39 is 18.1 Å². The quantitative estimate of drug-likeness (QED) is 0.0284. The predicted molar refractivity (Wildman–Crippen MR) is 247 cm³/mol. The molecule has 0 heterocycles. The number of carbonyl (C=O) groups excluding carboxylic acids is 2. The molecule has 0 saturated carbocycles. The second-order valence-corrected chi connectivity index (χ2v) is 16.6. The standard InChI is InChI=1S/C51H87NO7/c1-6-8-10-12-14-16-18-20-22-23-24-25-26-27-28-30-31-33-35-37-39-41-49(53)58-46-47(45-57-44-43-48(51(55)56)52(3,4)5)59-50(54)42-40-38-36-34-32-29-21-19-17-15-13-11-9-7-2/h8,10,14,16,20,22,24-25,27-28,31,33,47-48H,6-7,9,11-13,15,17-19,21,23,26,29-30,32,34-46H2,1-5H3/p+1/b10-8+,16-14+,22-20+,25-24+,28-27+,33-31+. The fourth-order valence-corrected chi connectivity index (χ4v) is 6.51. The van der Waals surface area contributed by atoms with Crippen molar-refractivity contribution in [3.05, 3.63) is 72.9 Å². The maximum absolute atomic E-state index is 12.7. The summed E-state index contributed by atoms with van der Waals surface area (Å²) >= 11 is 0. The van der Waals surface area contributed by atoms with Crippen molar-refractivity contribution in [1.29, 1.82) is 0 Å². The van der Waals surface area contributed by atoms with Crippen LogP contribution in [0.1, 0.15) is 181 Å². The number of ether oxygens (including phenoxy) is 3. The summed E-state index contributed by atoms with van der Waals surface area (Å²) in [6, 6.07) is -0.623. The normalized spacial score (nSPS) is 13.6. The van der Waals surface area contributed by atoms with Gasteiger partial charge in [-0.25, -0.2) is 4.79 Å². The molecule has 0 aromatic rings. The molecule has 0 bridgehead atoms. The van der Waals surface area contributed by atoms with E-state index in [0.717, 1.165) is 70.6 Å². The van der Waals surface area contributed by atoms with Gasteiger partial charge in [-0.2, -0.15) is 0 Å². The number of allylic oxidation sites excluding steroid dienone is 12. The van der Waals surface area contributed by atoms with E-state index >= 15 is 0 Å². The van der Waals surface area contributed by atoms with Gasteiger partial charge in [-0.3, -0.25) is 9.59 Å². The van der Waals surface area contributed by atoms with Gasteiger partial charge in [0.15, 0.2) is 12.1 Å². The van der Waals surface area contributed by atoms with Crippen LogP contribution in [0, 0.1) is 0 Å². The Bertz CT molecular complexity index is 1190. The monoisotopic (exact) mass is 827 g/mol. The number of carboxylic acids is 1. The Kier molecular flexibility index (Phi) is 39.2. The van der Waals surface area contributed by atoms with E-state index in [1.165, 1.54) is 70.6 Å². The van der Waals surface area contributed by atoms with Crippen LogP contribution >= 0.6 is 0 Å². The molecule has 59 heavy (non-hydrogen) atoms. The lowest BCUT2D eigenvalue weighted by Crippen LogP contribution is -2.50. The molecule has 0 aliphatic heterocycles. The molecule has 2 unspecified atom stereocenters. The lowest BCUT2D eigenvalue weighted by Gasteiger charge is -2.31. The number of unbranched alkanes of at least 4 members (excludes halogenated alkanes) is 15. The lowest BCUT2D eigenvalue weighted by molar-refractivity contribution is -0.887. The smallest absolute Gasteiger partial charge is 0.362 e. The van der Waals surface area contributed by atoms with Gasteiger partial charge in [0.1, 0.15) is 6.61 Å². The van der Waals surface area contributed by atoms with Crippen LogP contribution in [0.2, 0.25) is 0 Å². The van der Waals surface area contributed by atoms with Gasteiger partial charge in [-0.1, -0.05) is 170 Å². The third-order valence-corrected chi connectivity index (χ3v) is 10.1. The number of nitrogens with zero attached hydrogens (tertiary/aromatic N) is 1. The summed E-state index contributed by atoms with van der Waals surface area (Å²) < 4.78 is 17.3. The van der Waals surface area contributed by atoms with Crippen LogP contribution in [-0.4, -0.2) is 80.6 Å². The van der Waals surface area contributed by atoms with Gasteiger partial charge in [-0.15, -0.1) is 0 Å². The summed E-state index contributed by atoms with van der Waals surface area (Å²) in [5.41, 5.74) is 0. The Labute approximate surface area is 361 Å². The minimum absolute atomic E-state index is 0.0456. The van der Waals surface area contributed by atoms with Crippen molar-refractivity contribution >= 4 is 17.9 Å². The molecular weight excluding hydrogens is 739 g/mol. The van der Waals surface area contributed by atoms with E-state index in [4.69, 9.17) is 14.2 Å². The fourth-order valence-electron chi connectivity index (χ4n) is 6.51. The van der Waals surface area contributed by atoms with Crippen LogP contribution in [0.5, 0.6) is 0 Å². The number of aliphatic carboxylic acids is 1. The Morgan fingerprint density at radius 2 is 0.949 bits per heavy atom. The van der Waals surface area contributed by atoms with Gasteiger partial charge in [0.2, 0.25) is 0 Å². The molecule has 0 aromatic carbocycles. The van der Waals surface area contributed by atoms with Crippen LogP contribution in [0.15, 0.2) is 72.9 Å². The first kappa shape index (κ1) is 55.8. The SMILES string of the molecule is CC/C=C/C/C=C/C/C=C/C/C=C/C/C=C/C/C=C/CCCCC(=O)OCC(COCCC(C(=O)O)[N+](C)(C)C)OC(=O)CCCCCCCCCCCCCCCC. The predicted octanol–water partition coefficient (Wildman–Crippen LogP) is 13.1. The Hall–Kier alpha value is -3.23. The van der Waals surface area contributed by atoms with Crippen molar-refractivity contribution in [2.45, 2.75) is 193 Å². The number of esters is 2. The Morgan fingerprint density at radius 1 is 0.525 bits per heavy atom. The fraction of sp³-hybridized carbons (Fsp3) is 0.706. The van der Waals surface area contributed by atoms with E-state index in [-0.39, 0.29) is 36.2 Å². The van der Waals surface area contributed by atoms with Gasteiger partial charge in [0.25, 0.3) is 0 Å². The number of hydrogen-bond acceptors (Lipinski definition) is 6. The van der Waals surface area contributed by atoms with Gasteiger partial charge in [0.05, 0.1) is 34.4 Å². The maximum Gasteiger partial charge on any atom is 0.362 e. The zero-order chi connectivity index (χ0) is 43.5. The minimum atomic E-state index is -0.882. The van der Waals surface area contributed by atoms with Crippen molar-refractivity contribution in [3.63, 3.8) is 0 Å². The highest BCUT2D eigenvalue weighted by molar-refractivity contribution is 5.72. The largest absolute Gasteiger partial charge is 0.477 e. The molecule has 1 N–H and O–H groups in total. The first-order valence-corrected chi connectivity index (χ1v) is 23.5. The number of rotatable bonds is 41. The highest BCUT2D eigenvalue weighted by atomic mass is 16.6. The second kappa shape index (κ2) is 41.5. The van der Waals surface area contributed by atoms with Crippen molar-refractivity contribution in [2.24, 2.45) is 0 Å². The van der Waals surface area contributed by atoms with Crippen LogP contribution in [-0.2, 0) is 28.6 Å². The van der Waals surface area contributed by atoms with Crippen LogP contribution in [0.4, 0.5) is 0 Å². The van der Waals surface area contributed by atoms with Crippen molar-refractivity contribution in [2.75, 3.05) is 41.0 Å². The topological polar surface area (TPSA) is 99.1 Å². The van der Waals surface area contributed by atoms with E-state index in [9.17, 15) is 19.5 Å². The Morgan fingerprint density at radius 3 is 1.41 bits per heavy atom. The minimum Gasteiger partial charge on any atom is -0.477 e. The van der Waals surface area contributed by atoms with E-state index in [1.54, 1.807) is 0 Å². The van der Waals surface area contributed by atoms with Crippen LogP contribution in [0.3, 0.4) is 0 Å². The third kappa shape index (κ3) is 40.0. The zero-order valence-electron chi connectivity index (χ0n) is 38.4. The molecule has 0 aliphatic rings. The lowest BCUT2D eigenvalue weighted by atomic mass is 10.0. The summed E-state index contributed by atoms with van der Waals surface area (Å²) in [5, 5.41) is 9.63. The molecule has 0 aromatic heterocycles. The number of hydrogen-bond donors (Lipinski definition) is 1. The molecule has 2 atom stereocenters. The first-order valence-electron chi connectivity index (χ1n) is 23.5. The summed E-state index contributed by atoms with van der Waals surface area (Å²) in [5.74, 6) is -1.52. The molecule has 0 radical (unpaired) electrons. The van der Waals surface area contributed by atoms with Crippen molar-refractivity contribution in [1.82, 2.24) is 0 Å². The van der Waals surface area contributed by atoms with Crippen molar-refractivity contribution < 1.29 is 38.2 Å². The maximum atomic E-state index is 12.7. The third-order valence-electron chi connectivity index (χ3n) is 10.1. The highest BCUT2D eigenvalue weighted by Crippen LogP contribution is 2.15. The molecule has 0 spiro atoms. The molecule has 8 heteroatoms. The van der Waals surface area contributed by atoms with E-state index in [2.05, 4.69) is 86.8 Å². The summed E-state index contributed by atoms with van der Waals surface area (Å²) in [6.45, 7) is 4.58. The van der Waals surface area contributed by atoms with Crippen LogP contribution in [0.25, 0.3) is 0 Å². The molecule has 0 rings (SSSR count). The molecule has 338 valence electrons. The average molecular weight is 827 g/mol. The van der Waals surface area contributed by atoms with Gasteiger partial charge < -0.3 is 23.8 Å². The molecule has 0 fully saturated rings. The molecule has 8 nitrogen and oxygen atoms in total. The first-order chi connectivity index (χ1) is 28.6. The summed E-state index contributed by atoms with van der Waals surface area (Å²) in [6.07, 6.45) is 52.3. The van der Waals surface area contributed by atoms with Gasteiger partial charge >= 0.3 is 17.9 Å². The number of carbonyl (C=O) groups is 3. The molecular formula is C51H88NO7+. The number of likely N-dealkylation sites (N-methyl/N-ethyl adjacent to an activating group) is 1. The van der Waals surface area contributed by atoms with E-state index in [0.29, 0.717) is 25.7 Å².